The maximum atomic E-state index is 5.18. The number of hydrogen-bond donors (Lipinski definition) is 0. The molecule has 0 bridgehead atoms. The number of pyridine rings is 2. The molecule has 0 saturated carbocycles. The number of imidazole rings is 1. The number of benzene rings is 3. The Morgan fingerprint density at radius 2 is 1.39 bits per heavy atom. The molecule has 0 fully saturated rings. The lowest BCUT2D eigenvalue weighted by atomic mass is 9.82. The molecule has 0 aliphatic heterocycles. The van der Waals surface area contributed by atoms with E-state index < -0.39 is 0 Å². The van der Waals surface area contributed by atoms with Gasteiger partial charge in [0.2, 0.25) is 0 Å². The SMILES string of the molecule is Cn1c(-c2ccc3c(c2)C(C)(C)c2ccccc2-3)nc2c3cccnc3c3ncccc3c21. The fourth-order valence-electron chi connectivity index (χ4n) is 5.67. The average Bonchev–Trinajstić information content (AvgIpc) is 3.32. The van der Waals surface area contributed by atoms with Crippen LogP contribution in [-0.4, -0.2) is 19.5 Å². The summed E-state index contributed by atoms with van der Waals surface area (Å²) in [5, 5.41) is 2.11. The van der Waals surface area contributed by atoms with Gasteiger partial charge in [0.15, 0.2) is 0 Å². The monoisotopic (exact) mass is 426 g/mol. The van der Waals surface area contributed by atoms with E-state index in [-0.39, 0.29) is 5.41 Å². The number of aryl methyl sites for hydroxylation is 1. The quantitative estimate of drug-likeness (QED) is 0.277. The molecule has 158 valence electrons. The molecule has 4 nitrogen and oxygen atoms in total. The van der Waals surface area contributed by atoms with Crippen LogP contribution >= 0.6 is 0 Å². The molecule has 1 aliphatic carbocycles. The zero-order valence-electron chi connectivity index (χ0n) is 18.8. The molecule has 3 aromatic heterocycles. The highest BCUT2D eigenvalue weighted by atomic mass is 15.1. The van der Waals surface area contributed by atoms with E-state index in [9.17, 15) is 0 Å². The smallest absolute Gasteiger partial charge is 0.140 e. The summed E-state index contributed by atoms with van der Waals surface area (Å²) in [6, 6.07) is 23.7. The van der Waals surface area contributed by atoms with Crippen LogP contribution < -0.4 is 0 Å². The first kappa shape index (κ1) is 18.5. The first-order chi connectivity index (χ1) is 16.1. The van der Waals surface area contributed by atoms with E-state index in [0.717, 1.165) is 44.2 Å². The van der Waals surface area contributed by atoms with Gasteiger partial charge in [0.25, 0.3) is 0 Å². The van der Waals surface area contributed by atoms with Crippen molar-refractivity contribution >= 4 is 32.8 Å². The lowest BCUT2D eigenvalue weighted by molar-refractivity contribution is 0.660. The number of hydrogen-bond acceptors (Lipinski definition) is 3. The first-order valence-electron chi connectivity index (χ1n) is 11.3. The molecule has 0 atom stereocenters. The van der Waals surface area contributed by atoms with E-state index in [1.165, 1.54) is 22.3 Å². The molecule has 7 rings (SSSR count). The molecule has 33 heavy (non-hydrogen) atoms. The molecule has 0 amide bonds. The van der Waals surface area contributed by atoms with Crippen molar-refractivity contribution in [1.29, 1.82) is 0 Å². The second kappa shape index (κ2) is 6.26. The van der Waals surface area contributed by atoms with E-state index in [1.807, 2.05) is 24.5 Å². The van der Waals surface area contributed by atoms with Gasteiger partial charge in [0.1, 0.15) is 5.82 Å². The van der Waals surface area contributed by atoms with Crippen LogP contribution in [0.2, 0.25) is 0 Å². The van der Waals surface area contributed by atoms with Crippen molar-refractivity contribution in [1.82, 2.24) is 19.5 Å². The minimum absolute atomic E-state index is 0.0419. The zero-order valence-corrected chi connectivity index (χ0v) is 18.8. The highest BCUT2D eigenvalue weighted by Gasteiger charge is 2.35. The minimum atomic E-state index is -0.0419. The van der Waals surface area contributed by atoms with Crippen LogP contribution in [-0.2, 0) is 12.5 Å². The Kier molecular flexibility index (Phi) is 3.51. The molecular weight excluding hydrogens is 404 g/mol. The standard InChI is InChI=1S/C29H22N4/c1-29(2)22-11-5-4-8-18(22)19-13-12-17(16-23(19)29)28-32-26-20-9-6-14-30-24(20)25-21(10-7-15-31-25)27(26)33(28)3/h4-16H,1-3H3. The molecule has 0 N–H and O–H groups in total. The fourth-order valence-corrected chi connectivity index (χ4v) is 5.67. The Balaban J connectivity index is 1.54. The normalized spacial score (nSPS) is 14.2. The van der Waals surface area contributed by atoms with Crippen molar-refractivity contribution in [2.45, 2.75) is 19.3 Å². The van der Waals surface area contributed by atoms with Crippen LogP contribution in [0.1, 0.15) is 25.0 Å². The Hall–Kier alpha value is -4.05. The summed E-state index contributed by atoms with van der Waals surface area (Å²) in [5.74, 6) is 0.959. The summed E-state index contributed by atoms with van der Waals surface area (Å²) < 4.78 is 2.21. The van der Waals surface area contributed by atoms with Crippen LogP contribution in [0.25, 0.3) is 55.4 Å². The Morgan fingerprint density at radius 1 is 0.697 bits per heavy atom. The Bertz CT molecular complexity index is 1760. The third-order valence-electron chi connectivity index (χ3n) is 7.29. The van der Waals surface area contributed by atoms with Crippen molar-refractivity contribution in [2.75, 3.05) is 0 Å². The maximum absolute atomic E-state index is 5.18. The number of nitrogens with zero attached hydrogens (tertiary/aromatic N) is 4. The predicted octanol–water partition coefficient (Wildman–Crippen LogP) is 6.64. The average molecular weight is 427 g/mol. The lowest BCUT2D eigenvalue weighted by Gasteiger charge is -2.21. The minimum Gasteiger partial charge on any atom is -0.327 e. The Morgan fingerprint density at radius 3 is 2.21 bits per heavy atom. The van der Waals surface area contributed by atoms with Crippen molar-refractivity contribution in [3.05, 3.63) is 90.3 Å². The number of fused-ring (bicyclic) bond motifs is 9. The molecule has 0 radical (unpaired) electrons. The van der Waals surface area contributed by atoms with E-state index >= 15 is 0 Å². The molecule has 6 aromatic rings. The van der Waals surface area contributed by atoms with Gasteiger partial charge >= 0.3 is 0 Å². The molecule has 0 spiro atoms. The van der Waals surface area contributed by atoms with E-state index in [0.29, 0.717) is 0 Å². The largest absolute Gasteiger partial charge is 0.327 e. The molecule has 3 heterocycles. The van der Waals surface area contributed by atoms with Gasteiger partial charge < -0.3 is 4.57 Å². The van der Waals surface area contributed by atoms with Gasteiger partial charge in [-0.05, 0) is 52.6 Å². The van der Waals surface area contributed by atoms with Gasteiger partial charge in [-0.3, -0.25) is 9.97 Å². The zero-order chi connectivity index (χ0) is 22.3. The van der Waals surface area contributed by atoms with Crippen LogP contribution in [0.5, 0.6) is 0 Å². The maximum Gasteiger partial charge on any atom is 0.140 e. The molecule has 3 aromatic carbocycles. The third kappa shape index (κ3) is 2.33. The van der Waals surface area contributed by atoms with Gasteiger partial charge in [-0.15, -0.1) is 0 Å². The highest BCUT2D eigenvalue weighted by Crippen LogP contribution is 2.49. The van der Waals surface area contributed by atoms with E-state index in [1.54, 1.807) is 0 Å². The second-order valence-corrected chi connectivity index (χ2v) is 9.42. The van der Waals surface area contributed by atoms with Crippen LogP contribution in [0.3, 0.4) is 0 Å². The molecule has 1 aliphatic rings. The van der Waals surface area contributed by atoms with Crippen LogP contribution in [0.4, 0.5) is 0 Å². The van der Waals surface area contributed by atoms with Crippen molar-refractivity contribution in [2.24, 2.45) is 7.05 Å². The number of aromatic nitrogens is 4. The fraction of sp³-hybridized carbons (Fsp3) is 0.138. The third-order valence-corrected chi connectivity index (χ3v) is 7.29. The van der Waals surface area contributed by atoms with Crippen molar-refractivity contribution in [3.8, 4) is 22.5 Å². The summed E-state index contributed by atoms with van der Waals surface area (Å²) in [4.78, 5) is 14.5. The molecule has 0 unspecified atom stereocenters. The van der Waals surface area contributed by atoms with Crippen molar-refractivity contribution < 1.29 is 0 Å². The summed E-state index contributed by atoms with van der Waals surface area (Å²) >= 11 is 0. The predicted molar refractivity (Wildman–Crippen MR) is 134 cm³/mol. The summed E-state index contributed by atoms with van der Waals surface area (Å²) in [5.41, 5.74) is 10.4. The topological polar surface area (TPSA) is 43.6 Å². The highest BCUT2D eigenvalue weighted by molar-refractivity contribution is 6.21. The summed E-state index contributed by atoms with van der Waals surface area (Å²) in [6.07, 6.45) is 3.66. The first-order valence-corrected chi connectivity index (χ1v) is 11.3. The van der Waals surface area contributed by atoms with Gasteiger partial charge in [-0.2, -0.15) is 0 Å². The van der Waals surface area contributed by atoms with Crippen LogP contribution in [0.15, 0.2) is 79.1 Å². The molecule has 0 saturated heterocycles. The van der Waals surface area contributed by atoms with Gasteiger partial charge in [0, 0.05) is 41.2 Å². The lowest BCUT2D eigenvalue weighted by Crippen LogP contribution is -2.15. The second-order valence-electron chi connectivity index (χ2n) is 9.42. The van der Waals surface area contributed by atoms with Gasteiger partial charge in [0.05, 0.1) is 22.1 Å². The van der Waals surface area contributed by atoms with Crippen molar-refractivity contribution in [3.63, 3.8) is 0 Å². The van der Waals surface area contributed by atoms with E-state index in [2.05, 4.69) is 90.0 Å². The Labute approximate surface area is 191 Å². The molecule has 4 heteroatoms. The van der Waals surface area contributed by atoms with Gasteiger partial charge in [-0.25, -0.2) is 4.98 Å². The summed E-state index contributed by atoms with van der Waals surface area (Å²) in [6.45, 7) is 4.63. The van der Waals surface area contributed by atoms with Gasteiger partial charge in [-0.1, -0.05) is 50.2 Å². The van der Waals surface area contributed by atoms with E-state index in [4.69, 9.17) is 4.98 Å². The summed E-state index contributed by atoms with van der Waals surface area (Å²) in [7, 11) is 2.10. The molecular formula is C29H22N4. The number of rotatable bonds is 1. The van der Waals surface area contributed by atoms with Crippen LogP contribution in [0, 0.1) is 0 Å².